The number of nitrogens with one attached hydrogen (secondary N) is 1. The number of esters is 1. The summed E-state index contributed by atoms with van der Waals surface area (Å²) in [6.45, 7) is 0.409. The molecular weight excluding hydrogens is 292 g/mol. The van der Waals surface area contributed by atoms with Gasteiger partial charge in [0, 0.05) is 12.1 Å². The van der Waals surface area contributed by atoms with Crippen molar-refractivity contribution in [2.45, 2.75) is 13.0 Å². The summed E-state index contributed by atoms with van der Waals surface area (Å²) in [5.41, 5.74) is 6.84. The molecule has 0 atom stereocenters. The maximum absolute atomic E-state index is 11.7. The van der Waals surface area contributed by atoms with Gasteiger partial charge in [-0.15, -0.1) is 0 Å². The van der Waals surface area contributed by atoms with Crippen molar-refractivity contribution < 1.29 is 17.9 Å². The molecule has 114 valence electrons. The Morgan fingerprint density at radius 3 is 2.86 bits per heavy atom. The highest BCUT2D eigenvalue weighted by Gasteiger charge is 2.13. The van der Waals surface area contributed by atoms with Gasteiger partial charge in [0.05, 0.1) is 25.8 Å². The van der Waals surface area contributed by atoms with Crippen molar-refractivity contribution in [1.82, 2.24) is 4.72 Å². The van der Waals surface area contributed by atoms with Crippen LogP contribution in [0.4, 0.5) is 0 Å². The number of nitrogens with two attached hydrogens (primary N) is 1. The Balaban J connectivity index is 2.60. The molecule has 0 heterocycles. The van der Waals surface area contributed by atoms with E-state index in [4.69, 9.17) is 5.73 Å². The molecule has 0 spiro atoms. The van der Waals surface area contributed by atoms with Crippen LogP contribution in [0.2, 0.25) is 0 Å². The highest BCUT2D eigenvalue weighted by atomic mass is 32.2. The van der Waals surface area contributed by atoms with Gasteiger partial charge in [0.1, 0.15) is 0 Å². The minimum absolute atomic E-state index is 0.141. The second-order valence-corrected chi connectivity index (χ2v) is 6.10. The number of sulfonamides is 1. The third-order valence-electron chi connectivity index (χ3n) is 2.56. The molecule has 0 fully saturated rings. The van der Waals surface area contributed by atoms with Gasteiger partial charge in [0.15, 0.2) is 0 Å². The molecule has 0 amide bonds. The lowest BCUT2D eigenvalue weighted by Gasteiger charge is -2.06. The lowest BCUT2D eigenvalue weighted by atomic mass is 10.1. The van der Waals surface area contributed by atoms with Crippen molar-refractivity contribution in [3.63, 3.8) is 0 Å². The number of methoxy groups -OCH3 is 1. The van der Waals surface area contributed by atoms with Crippen LogP contribution >= 0.6 is 0 Å². The topological polar surface area (TPSA) is 98.5 Å². The molecule has 21 heavy (non-hydrogen) atoms. The zero-order chi connectivity index (χ0) is 15.7. The van der Waals surface area contributed by atoms with Crippen LogP contribution in [0, 0.1) is 11.8 Å². The molecular formula is C14H18N2O4S. The van der Waals surface area contributed by atoms with Gasteiger partial charge in [0.25, 0.3) is 0 Å². The Morgan fingerprint density at radius 2 is 2.19 bits per heavy atom. The summed E-state index contributed by atoms with van der Waals surface area (Å²) in [5.74, 6) is 4.75. The summed E-state index contributed by atoms with van der Waals surface area (Å²) >= 11 is 0. The summed E-state index contributed by atoms with van der Waals surface area (Å²) in [7, 11) is -2.30. The molecule has 1 rings (SSSR count). The fourth-order valence-corrected chi connectivity index (χ4v) is 2.46. The first-order valence-corrected chi connectivity index (χ1v) is 7.94. The van der Waals surface area contributed by atoms with Crippen LogP contribution in [0.5, 0.6) is 0 Å². The second kappa shape index (κ2) is 8.42. The van der Waals surface area contributed by atoms with Gasteiger partial charge in [-0.3, -0.25) is 4.79 Å². The summed E-state index contributed by atoms with van der Waals surface area (Å²) in [5, 5.41) is 0. The smallest absolute Gasteiger partial charge is 0.306 e. The van der Waals surface area contributed by atoms with Crippen molar-refractivity contribution in [1.29, 1.82) is 0 Å². The van der Waals surface area contributed by atoms with Gasteiger partial charge in [-0.25, -0.2) is 13.1 Å². The van der Waals surface area contributed by atoms with Crippen LogP contribution in [0.15, 0.2) is 24.3 Å². The molecule has 0 unspecified atom stereocenters. The maximum Gasteiger partial charge on any atom is 0.306 e. The van der Waals surface area contributed by atoms with E-state index in [0.29, 0.717) is 0 Å². The first-order valence-electron chi connectivity index (χ1n) is 6.29. The van der Waals surface area contributed by atoms with Crippen LogP contribution < -0.4 is 10.5 Å². The fourth-order valence-electron chi connectivity index (χ4n) is 1.50. The number of carbonyl (C=O) groups is 1. The van der Waals surface area contributed by atoms with Crippen molar-refractivity contribution in [2.75, 3.05) is 19.4 Å². The lowest BCUT2D eigenvalue weighted by Crippen LogP contribution is -2.27. The van der Waals surface area contributed by atoms with Crippen LogP contribution in [-0.4, -0.2) is 33.8 Å². The molecule has 0 aliphatic rings. The van der Waals surface area contributed by atoms with Crippen LogP contribution in [0.3, 0.4) is 0 Å². The van der Waals surface area contributed by atoms with E-state index in [0.717, 1.165) is 11.1 Å². The number of ether oxygens (including phenoxy) is 1. The minimum atomic E-state index is -3.52. The molecule has 1 aromatic rings. The molecule has 0 saturated carbocycles. The normalized spacial score (nSPS) is 10.6. The Bertz CT molecular complexity index is 644. The molecule has 0 saturated heterocycles. The quantitative estimate of drug-likeness (QED) is 0.568. The van der Waals surface area contributed by atoms with Gasteiger partial charge >= 0.3 is 5.97 Å². The van der Waals surface area contributed by atoms with Gasteiger partial charge in [-0.1, -0.05) is 24.0 Å². The predicted octanol–water partition coefficient (Wildman–Crippen LogP) is -0.0207. The molecule has 6 nitrogen and oxygen atoms in total. The standard InChI is InChI=1S/C14H18N2O4S/c1-20-14(17)7-9-21(18,19)16-11-13-5-2-4-12(10-13)6-3-8-15/h2,4-5,10,16H,7-9,11,15H2,1H3. The molecule has 1 aromatic carbocycles. The van der Waals surface area contributed by atoms with Crippen molar-refractivity contribution in [2.24, 2.45) is 5.73 Å². The van der Waals surface area contributed by atoms with E-state index < -0.39 is 16.0 Å². The van der Waals surface area contributed by atoms with Crippen molar-refractivity contribution >= 4 is 16.0 Å². The van der Waals surface area contributed by atoms with Gasteiger partial charge in [0.2, 0.25) is 10.0 Å². The van der Waals surface area contributed by atoms with Gasteiger partial charge in [-0.05, 0) is 17.7 Å². The second-order valence-electron chi connectivity index (χ2n) is 4.17. The third-order valence-corrected chi connectivity index (χ3v) is 3.89. The predicted molar refractivity (Wildman–Crippen MR) is 79.6 cm³/mol. The Labute approximate surface area is 124 Å². The maximum atomic E-state index is 11.7. The zero-order valence-corrected chi connectivity index (χ0v) is 12.6. The number of carbonyl (C=O) groups excluding carboxylic acids is 1. The van der Waals surface area contributed by atoms with E-state index in [9.17, 15) is 13.2 Å². The molecule has 0 aliphatic heterocycles. The van der Waals surface area contributed by atoms with E-state index in [2.05, 4.69) is 21.3 Å². The number of hydrogen-bond acceptors (Lipinski definition) is 5. The Morgan fingerprint density at radius 1 is 1.43 bits per heavy atom. The van der Waals surface area contributed by atoms with E-state index in [-0.39, 0.29) is 25.3 Å². The summed E-state index contributed by atoms with van der Waals surface area (Å²) < 4.78 is 30.3. The summed E-state index contributed by atoms with van der Waals surface area (Å²) in [6, 6.07) is 7.18. The highest BCUT2D eigenvalue weighted by molar-refractivity contribution is 7.89. The highest BCUT2D eigenvalue weighted by Crippen LogP contribution is 2.05. The SMILES string of the molecule is COC(=O)CCS(=O)(=O)NCc1cccc(C#CCN)c1. The van der Waals surface area contributed by atoms with Crippen LogP contribution in [-0.2, 0) is 26.1 Å². The fraction of sp³-hybridized carbons (Fsp3) is 0.357. The molecule has 0 aromatic heterocycles. The van der Waals surface area contributed by atoms with E-state index in [1.807, 2.05) is 6.07 Å². The molecule has 3 N–H and O–H groups in total. The van der Waals surface area contributed by atoms with Crippen LogP contribution in [0.1, 0.15) is 17.5 Å². The first kappa shape index (κ1) is 17.2. The first-order chi connectivity index (χ1) is 9.96. The van der Waals surface area contributed by atoms with E-state index in [1.165, 1.54) is 7.11 Å². The van der Waals surface area contributed by atoms with Crippen LogP contribution in [0.25, 0.3) is 0 Å². The summed E-state index contributed by atoms with van der Waals surface area (Å²) in [6.07, 6.45) is -0.173. The van der Waals surface area contributed by atoms with E-state index in [1.54, 1.807) is 18.2 Å². The number of rotatable bonds is 6. The van der Waals surface area contributed by atoms with Crippen molar-refractivity contribution in [3.05, 3.63) is 35.4 Å². The molecule has 0 aliphatic carbocycles. The zero-order valence-electron chi connectivity index (χ0n) is 11.8. The average molecular weight is 310 g/mol. The Kier molecular flexibility index (Phi) is 6.88. The van der Waals surface area contributed by atoms with E-state index >= 15 is 0 Å². The molecule has 7 heteroatoms. The molecule has 0 bridgehead atoms. The summed E-state index contributed by atoms with van der Waals surface area (Å²) in [4.78, 5) is 10.9. The Hall–Kier alpha value is -1.88. The largest absolute Gasteiger partial charge is 0.469 e. The monoisotopic (exact) mass is 310 g/mol. The number of hydrogen-bond donors (Lipinski definition) is 2. The third kappa shape index (κ3) is 6.90. The average Bonchev–Trinajstić information content (AvgIpc) is 2.49. The van der Waals surface area contributed by atoms with Crippen molar-refractivity contribution in [3.8, 4) is 11.8 Å². The minimum Gasteiger partial charge on any atom is -0.469 e. The lowest BCUT2D eigenvalue weighted by molar-refractivity contribution is -0.140. The number of benzene rings is 1. The molecule has 0 radical (unpaired) electrons. The van der Waals surface area contributed by atoms with Gasteiger partial charge in [-0.2, -0.15) is 0 Å². The van der Waals surface area contributed by atoms with Gasteiger partial charge < -0.3 is 10.5 Å².